The van der Waals surface area contributed by atoms with E-state index in [1.54, 1.807) is 18.2 Å². The molecule has 5 nitrogen and oxygen atoms in total. The highest BCUT2D eigenvalue weighted by molar-refractivity contribution is 7.17. The fourth-order valence-electron chi connectivity index (χ4n) is 3.90. The van der Waals surface area contributed by atoms with E-state index in [0.29, 0.717) is 10.4 Å². The highest BCUT2D eigenvalue weighted by Gasteiger charge is 2.38. The van der Waals surface area contributed by atoms with Crippen molar-refractivity contribution < 1.29 is 32.3 Å². The summed E-state index contributed by atoms with van der Waals surface area (Å²) in [7, 11) is 0. The van der Waals surface area contributed by atoms with E-state index in [4.69, 9.17) is 9.90 Å². The molecule has 1 fully saturated rings. The van der Waals surface area contributed by atoms with Crippen LogP contribution >= 0.6 is 11.3 Å². The molecule has 3 aromatic rings. The van der Waals surface area contributed by atoms with Crippen LogP contribution < -0.4 is 5.32 Å². The molecule has 2 N–H and O–H groups in total. The molecule has 1 amide bonds. The van der Waals surface area contributed by atoms with Crippen LogP contribution in [0.25, 0.3) is 10.4 Å². The first-order valence-electron chi connectivity index (χ1n) is 11.8. The molecular weight excluding hydrogens is 508 g/mol. The van der Waals surface area contributed by atoms with Gasteiger partial charge >= 0.3 is 12.1 Å². The van der Waals surface area contributed by atoms with Crippen LogP contribution in [0.5, 0.6) is 0 Å². The maximum absolute atomic E-state index is 14.0. The Morgan fingerprint density at radius 3 is 2.16 bits per heavy atom. The van der Waals surface area contributed by atoms with Crippen molar-refractivity contribution in [2.45, 2.75) is 44.9 Å². The third-order valence-corrected chi connectivity index (χ3v) is 7.09. The van der Waals surface area contributed by atoms with Gasteiger partial charge in [-0.05, 0) is 48.6 Å². The maximum Gasteiger partial charge on any atom is 0.490 e. The number of aryl methyl sites for hydroxylation is 1. The molecule has 0 radical (unpaired) electrons. The Hall–Kier alpha value is -3.24. The van der Waals surface area contributed by atoms with Crippen LogP contribution in [0.3, 0.4) is 0 Å². The minimum absolute atomic E-state index is 0.0591. The number of carbonyl (C=O) groups is 2. The van der Waals surface area contributed by atoms with E-state index in [1.165, 1.54) is 28.5 Å². The number of aliphatic carboxylic acids is 1. The molecule has 10 heteroatoms. The number of carbonyl (C=O) groups excluding carboxylic acids is 1. The topological polar surface area (TPSA) is 69.6 Å². The van der Waals surface area contributed by atoms with Crippen molar-refractivity contribution in [1.82, 2.24) is 10.2 Å². The minimum Gasteiger partial charge on any atom is -0.475 e. The van der Waals surface area contributed by atoms with E-state index in [2.05, 4.69) is 41.4 Å². The Labute approximate surface area is 216 Å². The number of rotatable bonds is 6. The number of hydrogen-bond acceptors (Lipinski definition) is 4. The maximum atomic E-state index is 14.0. The number of thiophene rings is 1. The van der Waals surface area contributed by atoms with Gasteiger partial charge in [0.05, 0.1) is 4.88 Å². The summed E-state index contributed by atoms with van der Waals surface area (Å²) < 4.78 is 45.7. The Balaban J connectivity index is 0.000000479. The molecule has 4 rings (SSSR count). The quantitative estimate of drug-likeness (QED) is 0.371. The van der Waals surface area contributed by atoms with Gasteiger partial charge < -0.3 is 10.4 Å². The number of alkyl halides is 3. The van der Waals surface area contributed by atoms with Gasteiger partial charge in [0, 0.05) is 36.1 Å². The van der Waals surface area contributed by atoms with Crippen LogP contribution in [0.2, 0.25) is 0 Å². The smallest absolute Gasteiger partial charge is 0.475 e. The second kappa shape index (κ2) is 12.8. The van der Waals surface area contributed by atoms with Crippen LogP contribution in [0, 0.1) is 5.82 Å². The highest BCUT2D eigenvalue weighted by Crippen LogP contribution is 2.30. The van der Waals surface area contributed by atoms with Crippen molar-refractivity contribution in [1.29, 1.82) is 0 Å². The van der Waals surface area contributed by atoms with Gasteiger partial charge in [-0.3, -0.25) is 9.69 Å². The number of carboxylic acids is 1. The SMILES string of the molecule is CCc1ccc(CN2CCC(NC(=O)c3ccc(-c4ccccc4F)s3)CC2)cc1.O=C(O)C(F)(F)F. The van der Waals surface area contributed by atoms with Crippen molar-refractivity contribution >= 4 is 23.2 Å². The van der Waals surface area contributed by atoms with E-state index in [0.717, 1.165) is 43.8 Å². The summed E-state index contributed by atoms with van der Waals surface area (Å²) in [6.07, 6.45) is -2.12. The van der Waals surface area contributed by atoms with Gasteiger partial charge in [-0.25, -0.2) is 9.18 Å². The number of piperidine rings is 1. The number of nitrogens with zero attached hydrogens (tertiary/aromatic N) is 1. The second-order valence-corrected chi connectivity index (χ2v) is 9.72. The van der Waals surface area contributed by atoms with Gasteiger partial charge in [-0.2, -0.15) is 13.2 Å². The number of carboxylic acid groups (broad SMARTS) is 1. The average molecular weight is 537 g/mol. The molecule has 0 aliphatic carbocycles. The summed E-state index contributed by atoms with van der Waals surface area (Å²) in [6, 6.07) is 19.3. The van der Waals surface area contributed by atoms with Gasteiger partial charge in [0.2, 0.25) is 0 Å². The van der Waals surface area contributed by atoms with Crippen molar-refractivity contribution in [3.63, 3.8) is 0 Å². The Bertz CT molecular complexity index is 1190. The van der Waals surface area contributed by atoms with Gasteiger partial charge in [0.1, 0.15) is 5.82 Å². The van der Waals surface area contributed by atoms with Crippen molar-refractivity contribution in [2.24, 2.45) is 0 Å². The molecule has 1 aromatic heterocycles. The lowest BCUT2D eigenvalue weighted by atomic mass is 10.0. The summed E-state index contributed by atoms with van der Waals surface area (Å²) in [5.41, 5.74) is 3.25. The monoisotopic (exact) mass is 536 g/mol. The van der Waals surface area contributed by atoms with E-state index < -0.39 is 12.1 Å². The normalized spacial score (nSPS) is 14.5. The summed E-state index contributed by atoms with van der Waals surface area (Å²) in [5.74, 6) is -3.08. The number of hydrogen-bond donors (Lipinski definition) is 2. The van der Waals surface area contributed by atoms with Crippen LogP contribution in [0.1, 0.15) is 40.6 Å². The zero-order valence-electron chi connectivity index (χ0n) is 20.2. The molecule has 2 aromatic carbocycles. The van der Waals surface area contributed by atoms with E-state index in [-0.39, 0.29) is 17.8 Å². The summed E-state index contributed by atoms with van der Waals surface area (Å²) in [4.78, 5) is 25.4. The van der Waals surface area contributed by atoms with Crippen molar-refractivity contribution in [3.05, 3.63) is 82.5 Å². The zero-order chi connectivity index (χ0) is 27.0. The van der Waals surface area contributed by atoms with Gasteiger partial charge in [-0.15, -0.1) is 11.3 Å². The first kappa shape index (κ1) is 28.3. The predicted octanol–water partition coefficient (Wildman–Crippen LogP) is 6.14. The third-order valence-electron chi connectivity index (χ3n) is 5.97. The molecule has 0 bridgehead atoms. The summed E-state index contributed by atoms with van der Waals surface area (Å²) >= 11 is 1.34. The summed E-state index contributed by atoms with van der Waals surface area (Å²) in [6.45, 7) is 5.09. The molecule has 1 saturated heterocycles. The van der Waals surface area contributed by atoms with Crippen LogP contribution in [-0.4, -0.2) is 47.2 Å². The number of amides is 1. The standard InChI is InChI=1S/C25H27FN2OS.C2HF3O2/c1-2-18-7-9-19(10-8-18)17-28-15-13-20(14-16-28)27-25(29)24-12-11-23(30-24)21-5-3-4-6-22(21)26;3-2(4,5)1(6)7/h3-12,20H,2,13-17H2,1H3,(H,27,29);(H,6,7). The molecule has 198 valence electrons. The molecule has 0 atom stereocenters. The minimum atomic E-state index is -5.08. The molecule has 1 aliphatic heterocycles. The van der Waals surface area contributed by atoms with Crippen LogP contribution in [-0.2, 0) is 17.8 Å². The molecule has 1 aliphatic rings. The molecule has 2 heterocycles. The largest absolute Gasteiger partial charge is 0.490 e. The number of nitrogens with one attached hydrogen (secondary N) is 1. The van der Waals surface area contributed by atoms with Crippen LogP contribution in [0.4, 0.5) is 17.6 Å². The summed E-state index contributed by atoms with van der Waals surface area (Å²) in [5, 5.41) is 10.3. The first-order valence-corrected chi connectivity index (χ1v) is 12.6. The van der Waals surface area contributed by atoms with E-state index in [9.17, 15) is 22.4 Å². The predicted molar refractivity (Wildman–Crippen MR) is 135 cm³/mol. The van der Waals surface area contributed by atoms with Crippen LogP contribution in [0.15, 0.2) is 60.7 Å². The number of likely N-dealkylation sites (tertiary alicyclic amines) is 1. The van der Waals surface area contributed by atoms with Gasteiger partial charge in [0.15, 0.2) is 0 Å². The molecular formula is C27H28F4N2O3S. The van der Waals surface area contributed by atoms with Gasteiger partial charge in [-0.1, -0.05) is 49.4 Å². The molecule has 37 heavy (non-hydrogen) atoms. The van der Waals surface area contributed by atoms with Gasteiger partial charge in [0.25, 0.3) is 5.91 Å². The van der Waals surface area contributed by atoms with Crippen molar-refractivity contribution in [3.8, 4) is 10.4 Å². The lowest BCUT2D eigenvalue weighted by Crippen LogP contribution is -2.44. The first-order chi connectivity index (χ1) is 17.6. The van der Waals surface area contributed by atoms with E-state index >= 15 is 0 Å². The Kier molecular flexibility index (Phi) is 9.82. The Morgan fingerprint density at radius 2 is 1.59 bits per heavy atom. The molecule has 0 unspecified atom stereocenters. The average Bonchev–Trinajstić information content (AvgIpc) is 3.36. The number of halogens is 4. The second-order valence-electron chi connectivity index (χ2n) is 8.64. The fraction of sp³-hybridized carbons (Fsp3) is 0.333. The van der Waals surface area contributed by atoms with Crippen molar-refractivity contribution in [2.75, 3.05) is 13.1 Å². The lowest BCUT2D eigenvalue weighted by molar-refractivity contribution is -0.192. The highest BCUT2D eigenvalue weighted by atomic mass is 32.1. The fourth-order valence-corrected chi connectivity index (χ4v) is 4.83. The molecule has 0 saturated carbocycles. The molecule has 0 spiro atoms. The third kappa shape index (κ3) is 8.40. The lowest BCUT2D eigenvalue weighted by Gasteiger charge is -2.32. The number of benzene rings is 2. The zero-order valence-corrected chi connectivity index (χ0v) is 21.0. The van der Waals surface area contributed by atoms with E-state index in [1.807, 2.05) is 12.1 Å². The Morgan fingerprint density at radius 1 is 1.00 bits per heavy atom.